The third-order valence-electron chi connectivity index (χ3n) is 4.42. The SMILES string of the molecule is CCNSc1cccc(-c2c(C)c(=O)[nH]c3c2[nH]c2ccc(Cl)cc23)c1. The second-order valence-electron chi connectivity index (χ2n) is 6.15. The van der Waals surface area contributed by atoms with E-state index in [-0.39, 0.29) is 5.56 Å². The number of hydrogen-bond acceptors (Lipinski definition) is 3. The van der Waals surface area contributed by atoms with E-state index < -0.39 is 0 Å². The van der Waals surface area contributed by atoms with E-state index >= 15 is 0 Å². The molecule has 0 atom stereocenters. The molecule has 132 valence electrons. The summed E-state index contributed by atoms with van der Waals surface area (Å²) in [5.74, 6) is 0. The number of halogens is 1. The van der Waals surface area contributed by atoms with Crippen molar-refractivity contribution in [2.75, 3.05) is 6.54 Å². The first-order valence-corrected chi connectivity index (χ1v) is 9.62. The Morgan fingerprint density at radius 2 is 1.96 bits per heavy atom. The highest BCUT2D eigenvalue weighted by Gasteiger charge is 2.16. The molecule has 2 aromatic carbocycles. The molecule has 0 radical (unpaired) electrons. The Bertz CT molecular complexity index is 1180. The summed E-state index contributed by atoms with van der Waals surface area (Å²) in [4.78, 5) is 20.2. The number of aromatic nitrogens is 2. The smallest absolute Gasteiger partial charge is 0.252 e. The number of benzene rings is 2. The predicted octanol–water partition coefficient (Wildman–Crippen LogP) is 5.25. The summed E-state index contributed by atoms with van der Waals surface area (Å²) in [5.41, 5.74) is 5.21. The van der Waals surface area contributed by atoms with Crippen LogP contribution in [-0.2, 0) is 0 Å². The van der Waals surface area contributed by atoms with Crippen LogP contribution >= 0.6 is 23.5 Å². The molecule has 0 saturated heterocycles. The van der Waals surface area contributed by atoms with Gasteiger partial charge in [0.25, 0.3) is 5.56 Å². The van der Waals surface area contributed by atoms with E-state index in [1.54, 1.807) is 11.9 Å². The first-order valence-electron chi connectivity index (χ1n) is 8.42. The van der Waals surface area contributed by atoms with E-state index in [1.165, 1.54) is 0 Å². The topological polar surface area (TPSA) is 60.7 Å². The minimum atomic E-state index is -0.0851. The third kappa shape index (κ3) is 2.92. The molecule has 0 aliphatic heterocycles. The van der Waals surface area contributed by atoms with Crippen LogP contribution < -0.4 is 10.3 Å². The van der Waals surface area contributed by atoms with Gasteiger partial charge in [-0.25, -0.2) is 0 Å². The summed E-state index contributed by atoms with van der Waals surface area (Å²) < 4.78 is 3.26. The van der Waals surface area contributed by atoms with Crippen LogP contribution in [0.3, 0.4) is 0 Å². The van der Waals surface area contributed by atoms with Gasteiger partial charge in [0.15, 0.2) is 0 Å². The second-order valence-corrected chi connectivity index (χ2v) is 7.55. The van der Waals surface area contributed by atoms with E-state index in [2.05, 4.69) is 33.7 Å². The maximum atomic E-state index is 12.6. The zero-order valence-electron chi connectivity index (χ0n) is 14.4. The van der Waals surface area contributed by atoms with E-state index in [4.69, 9.17) is 11.6 Å². The molecule has 0 aliphatic rings. The zero-order valence-corrected chi connectivity index (χ0v) is 16.0. The minimum absolute atomic E-state index is 0.0851. The van der Waals surface area contributed by atoms with Gasteiger partial charge < -0.3 is 9.97 Å². The first-order chi connectivity index (χ1) is 12.6. The van der Waals surface area contributed by atoms with Crippen LogP contribution in [0.25, 0.3) is 33.1 Å². The van der Waals surface area contributed by atoms with Crippen LogP contribution in [0.5, 0.6) is 0 Å². The summed E-state index contributed by atoms with van der Waals surface area (Å²) in [5, 5.41) is 1.56. The number of H-pyrrole nitrogens is 2. The van der Waals surface area contributed by atoms with Crippen LogP contribution in [0.4, 0.5) is 0 Å². The number of nitrogens with one attached hydrogen (secondary N) is 3. The lowest BCUT2D eigenvalue weighted by Crippen LogP contribution is -2.11. The van der Waals surface area contributed by atoms with Gasteiger partial charge >= 0.3 is 0 Å². The Morgan fingerprint density at radius 1 is 1.12 bits per heavy atom. The lowest BCUT2D eigenvalue weighted by Gasteiger charge is -2.09. The van der Waals surface area contributed by atoms with Crippen LogP contribution in [0, 0.1) is 6.92 Å². The molecule has 4 nitrogen and oxygen atoms in total. The number of hydrogen-bond donors (Lipinski definition) is 3. The molecule has 3 N–H and O–H groups in total. The average molecular weight is 384 g/mol. The van der Waals surface area contributed by atoms with Gasteiger partial charge in [-0.3, -0.25) is 9.52 Å². The monoisotopic (exact) mass is 383 g/mol. The predicted molar refractivity (Wildman–Crippen MR) is 111 cm³/mol. The Morgan fingerprint density at radius 3 is 2.77 bits per heavy atom. The molecule has 0 unspecified atom stereocenters. The molecule has 0 saturated carbocycles. The molecule has 0 fully saturated rings. The Labute approximate surface area is 160 Å². The molecule has 4 rings (SSSR count). The van der Waals surface area contributed by atoms with Crippen LogP contribution in [0.1, 0.15) is 12.5 Å². The minimum Gasteiger partial charge on any atom is -0.353 e. The first kappa shape index (κ1) is 17.2. The average Bonchev–Trinajstić information content (AvgIpc) is 2.98. The Kier molecular flexibility index (Phi) is 4.53. The van der Waals surface area contributed by atoms with Crippen molar-refractivity contribution in [1.82, 2.24) is 14.7 Å². The quantitative estimate of drug-likeness (QED) is 0.421. The van der Waals surface area contributed by atoms with Crippen molar-refractivity contribution in [2.45, 2.75) is 18.7 Å². The highest BCUT2D eigenvalue weighted by molar-refractivity contribution is 7.97. The van der Waals surface area contributed by atoms with Crippen molar-refractivity contribution in [3.63, 3.8) is 0 Å². The molecule has 0 amide bonds. The number of rotatable bonds is 4. The largest absolute Gasteiger partial charge is 0.353 e. The Balaban J connectivity index is 2.01. The highest BCUT2D eigenvalue weighted by Crippen LogP contribution is 2.34. The van der Waals surface area contributed by atoms with Gasteiger partial charge in [0, 0.05) is 38.5 Å². The van der Waals surface area contributed by atoms with Crippen molar-refractivity contribution in [3.8, 4) is 11.1 Å². The lowest BCUT2D eigenvalue weighted by molar-refractivity contribution is 1.03. The van der Waals surface area contributed by atoms with E-state index in [0.717, 1.165) is 44.5 Å². The van der Waals surface area contributed by atoms with Gasteiger partial charge in [-0.05, 0) is 54.8 Å². The van der Waals surface area contributed by atoms with Crippen LogP contribution in [0.15, 0.2) is 52.2 Å². The normalized spacial score (nSPS) is 11.5. The maximum Gasteiger partial charge on any atom is 0.252 e. The van der Waals surface area contributed by atoms with Gasteiger partial charge in [-0.15, -0.1) is 0 Å². The third-order valence-corrected chi connectivity index (χ3v) is 5.58. The zero-order chi connectivity index (χ0) is 18.3. The fraction of sp³-hybridized carbons (Fsp3) is 0.150. The highest BCUT2D eigenvalue weighted by atomic mass is 35.5. The lowest BCUT2D eigenvalue weighted by atomic mass is 10.0. The molecule has 4 aromatic rings. The molecule has 2 heterocycles. The van der Waals surface area contributed by atoms with E-state index in [1.807, 2.05) is 37.3 Å². The van der Waals surface area contributed by atoms with Crippen LogP contribution in [-0.4, -0.2) is 16.5 Å². The fourth-order valence-electron chi connectivity index (χ4n) is 3.22. The summed E-state index contributed by atoms with van der Waals surface area (Å²) in [6.45, 7) is 4.80. The standard InChI is InChI=1S/C20H18ClN3OS/c1-3-22-26-14-6-4-5-12(9-14)17-11(2)20(25)24-18-15-10-13(21)7-8-16(15)23-19(17)18/h4-10,22-23H,3H2,1-2H3,(H,24,25). The van der Waals surface area contributed by atoms with Crippen molar-refractivity contribution in [3.05, 3.63) is 63.4 Å². The van der Waals surface area contributed by atoms with Crippen molar-refractivity contribution >= 4 is 45.5 Å². The fourth-order valence-corrected chi connectivity index (χ4v) is 4.04. The van der Waals surface area contributed by atoms with Gasteiger partial charge in [0.2, 0.25) is 0 Å². The number of pyridine rings is 1. The van der Waals surface area contributed by atoms with E-state index in [9.17, 15) is 4.79 Å². The summed E-state index contributed by atoms with van der Waals surface area (Å²) in [6, 6.07) is 13.9. The van der Waals surface area contributed by atoms with E-state index in [0.29, 0.717) is 10.6 Å². The molecule has 26 heavy (non-hydrogen) atoms. The van der Waals surface area contributed by atoms with Gasteiger partial charge in [0.05, 0.1) is 11.0 Å². The maximum absolute atomic E-state index is 12.6. The van der Waals surface area contributed by atoms with Gasteiger partial charge in [0.1, 0.15) is 0 Å². The summed E-state index contributed by atoms with van der Waals surface area (Å²) in [7, 11) is 0. The van der Waals surface area contributed by atoms with Crippen molar-refractivity contribution in [1.29, 1.82) is 0 Å². The molecule has 0 aliphatic carbocycles. The number of aromatic amines is 2. The molecule has 6 heteroatoms. The molecule has 0 spiro atoms. The van der Waals surface area contributed by atoms with Crippen molar-refractivity contribution < 1.29 is 0 Å². The molecule has 2 aromatic heterocycles. The summed E-state index contributed by atoms with van der Waals surface area (Å²) >= 11 is 7.75. The Hall–Kier alpha value is -2.21. The van der Waals surface area contributed by atoms with Gasteiger partial charge in [-0.1, -0.05) is 30.7 Å². The molecule has 0 bridgehead atoms. The van der Waals surface area contributed by atoms with Crippen LogP contribution in [0.2, 0.25) is 5.02 Å². The van der Waals surface area contributed by atoms with Crippen molar-refractivity contribution in [2.24, 2.45) is 0 Å². The number of fused-ring (bicyclic) bond motifs is 3. The molecular formula is C20H18ClN3OS. The second kappa shape index (κ2) is 6.83. The molecular weight excluding hydrogens is 366 g/mol. The summed E-state index contributed by atoms with van der Waals surface area (Å²) in [6.07, 6.45) is 0. The van der Waals surface area contributed by atoms with Gasteiger partial charge in [-0.2, -0.15) is 0 Å².